The molecule has 2 nitrogen and oxygen atoms in total. The van der Waals surface area contributed by atoms with Gasteiger partial charge < -0.3 is 0 Å². The van der Waals surface area contributed by atoms with E-state index in [2.05, 4.69) is 13.2 Å². The standard InChI is InChI=1S/C6H8O2.C2H4/c7-5-3-1-2-4-6(5)8;1-2/h1-4H2;1-2H2. The van der Waals surface area contributed by atoms with Gasteiger partial charge in [0.1, 0.15) is 0 Å². The lowest BCUT2D eigenvalue weighted by atomic mass is 9.98. The van der Waals surface area contributed by atoms with Crippen LogP contribution in [0.25, 0.3) is 0 Å². The molecule has 0 amide bonds. The largest absolute Gasteiger partial charge is 0.291 e. The van der Waals surface area contributed by atoms with Gasteiger partial charge in [-0.05, 0) is 12.8 Å². The lowest BCUT2D eigenvalue weighted by molar-refractivity contribution is -0.137. The van der Waals surface area contributed by atoms with Crippen LogP contribution in [0.15, 0.2) is 13.2 Å². The summed E-state index contributed by atoms with van der Waals surface area (Å²) in [6.45, 7) is 6.00. The Morgan fingerprint density at radius 2 is 1.20 bits per heavy atom. The smallest absolute Gasteiger partial charge is 0.198 e. The third-order valence-electron chi connectivity index (χ3n) is 1.37. The summed E-state index contributed by atoms with van der Waals surface area (Å²) in [6, 6.07) is 0. The highest BCUT2D eigenvalue weighted by Gasteiger charge is 2.16. The lowest BCUT2D eigenvalue weighted by Crippen LogP contribution is -2.17. The maximum Gasteiger partial charge on any atom is 0.198 e. The first-order chi connectivity index (χ1) is 4.80. The highest BCUT2D eigenvalue weighted by atomic mass is 16.2. The molecule has 0 saturated heterocycles. The first kappa shape index (κ1) is 9.08. The topological polar surface area (TPSA) is 34.1 Å². The van der Waals surface area contributed by atoms with Gasteiger partial charge in [-0.15, -0.1) is 13.2 Å². The van der Waals surface area contributed by atoms with E-state index in [9.17, 15) is 9.59 Å². The second-order valence-electron chi connectivity index (χ2n) is 2.05. The van der Waals surface area contributed by atoms with Crippen LogP contribution >= 0.6 is 0 Å². The summed E-state index contributed by atoms with van der Waals surface area (Å²) in [7, 11) is 0. The average molecular weight is 140 g/mol. The van der Waals surface area contributed by atoms with Crippen molar-refractivity contribution in [1.82, 2.24) is 0 Å². The second-order valence-corrected chi connectivity index (χ2v) is 2.05. The highest BCUT2D eigenvalue weighted by molar-refractivity contribution is 6.37. The summed E-state index contributed by atoms with van der Waals surface area (Å²) >= 11 is 0. The van der Waals surface area contributed by atoms with E-state index in [1.54, 1.807) is 0 Å². The summed E-state index contributed by atoms with van der Waals surface area (Å²) in [4.78, 5) is 20.9. The molecule has 0 aliphatic heterocycles. The van der Waals surface area contributed by atoms with Crippen molar-refractivity contribution >= 4 is 11.6 Å². The molecule has 56 valence electrons. The van der Waals surface area contributed by atoms with Crippen molar-refractivity contribution in [1.29, 1.82) is 0 Å². The lowest BCUT2D eigenvalue weighted by Gasteiger charge is -2.04. The molecule has 0 unspecified atom stereocenters. The SMILES string of the molecule is C=C.O=C1CCCCC1=O. The molecule has 1 rings (SSSR count). The Balaban J connectivity index is 0.000000371. The molecule has 0 radical (unpaired) electrons. The number of rotatable bonds is 0. The summed E-state index contributed by atoms with van der Waals surface area (Å²) in [5, 5.41) is 0. The van der Waals surface area contributed by atoms with Crippen molar-refractivity contribution in [2.45, 2.75) is 25.7 Å². The van der Waals surface area contributed by atoms with Crippen LogP contribution in [0.3, 0.4) is 0 Å². The van der Waals surface area contributed by atoms with Gasteiger partial charge >= 0.3 is 0 Å². The molecular weight excluding hydrogens is 128 g/mol. The number of ketones is 2. The van der Waals surface area contributed by atoms with E-state index in [1.807, 2.05) is 0 Å². The van der Waals surface area contributed by atoms with Crippen LogP contribution in [-0.2, 0) is 9.59 Å². The van der Waals surface area contributed by atoms with Gasteiger partial charge in [0.2, 0.25) is 0 Å². The van der Waals surface area contributed by atoms with Gasteiger partial charge in [-0.2, -0.15) is 0 Å². The number of hydrogen-bond acceptors (Lipinski definition) is 2. The maximum absolute atomic E-state index is 10.4. The first-order valence-corrected chi connectivity index (χ1v) is 3.37. The normalized spacial score (nSPS) is 17.6. The van der Waals surface area contributed by atoms with Gasteiger partial charge in [0, 0.05) is 12.8 Å². The van der Waals surface area contributed by atoms with Crippen LogP contribution in [0.1, 0.15) is 25.7 Å². The minimum atomic E-state index is -0.170. The van der Waals surface area contributed by atoms with Gasteiger partial charge in [-0.1, -0.05) is 0 Å². The van der Waals surface area contributed by atoms with E-state index in [4.69, 9.17) is 0 Å². The summed E-state index contributed by atoms with van der Waals surface area (Å²) in [5.41, 5.74) is 0. The molecule has 0 spiro atoms. The Labute approximate surface area is 60.9 Å². The molecular formula is C8H12O2. The molecule has 0 aromatic rings. The Morgan fingerprint density at radius 1 is 0.900 bits per heavy atom. The molecule has 0 aromatic carbocycles. The van der Waals surface area contributed by atoms with Crippen molar-refractivity contribution in [2.24, 2.45) is 0 Å². The Hall–Kier alpha value is -0.920. The van der Waals surface area contributed by atoms with E-state index < -0.39 is 0 Å². The van der Waals surface area contributed by atoms with E-state index in [0.29, 0.717) is 12.8 Å². The Kier molecular flexibility index (Phi) is 4.46. The number of carbonyl (C=O) groups is 2. The molecule has 2 heteroatoms. The molecule has 1 fully saturated rings. The molecule has 1 aliphatic carbocycles. The molecule has 0 bridgehead atoms. The summed E-state index contributed by atoms with van der Waals surface area (Å²) in [6.07, 6.45) is 2.78. The molecule has 10 heavy (non-hydrogen) atoms. The summed E-state index contributed by atoms with van der Waals surface area (Å²) < 4.78 is 0. The third-order valence-corrected chi connectivity index (χ3v) is 1.37. The molecule has 0 heterocycles. The van der Waals surface area contributed by atoms with Crippen molar-refractivity contribution < 1.29 is 9.59 Å². The quantitative estimate of drug-likeness (QED) is 0.377. The fourth-order valence-electron chi connectivity index (χ4n) is 0.850. The van der Waals surface area contributed by atoms with Crippen LogP contribution < -0.4 is 0 Å². The predicted octanol–water partition coefficient (Wildman–Crippen LogP) is 1.50. The van der Waals surface area contributed by atoms with Crippen LogP contribution in [0.2, 0.25) is 0 Å². The average Bonchev–Trinajstić information content (AvgIpc) is 2.00. The maximum atomic E-state index is 10.4. The Bertz CT molecular complexity index is 122. The predicted molar refractivity (Wildman–Crippen MR) is 39.7 cm³/mol. The zero-order valence-corrected chi connectivity index (χ0v) is 6.06. The van der Waals surface area contributed by atoms with Crippen molar-refractivity contribution in [2.75, 3.05) is 0 Å². The van der Waals surface area contributed by atoms with Crippen LogP contribution in [0, 0.1) is 0 Å². The third kappa shape index (κ3) is 2.58. The summed E-state index contributed by atoms with van der Waals surface area (Å²) in [5.74, 6) is -0.340. The molecule has 1 aliphatic rings. The van der Waals surface area contributed by atoms with E-state index in [0.717, 1.165) is 12.8 Å². The van der Waals surface area contributed by atoms with Crippen molar-refractivity contribution in [3.05, 3.63) is 13.2 Å². The monoisotopic (exact) mass is 140 g/mol. The van der Waals surface area contributed by atoms with Gasteiger partial charge in [0.15, 0.2) is 11.6 Å². The second kappa shape index (κ2) is 4.91. The van der Waals surface area contributed by atoms with Gasteiger partial charge in [0.25, 0.3) is 0 Å². The fraction of sp³-hybridized carbons (Fsp3) is 0.500. The Morgan fingerprint density at radius 3 is 1.40 bits per heavy atom. The van der Waals surface area contributed by atoms with Gasteiger partial charge in [-0.3, -0.25) is 9.59 Å². The minimum Gasteiger partial charge on any atom is -0.291 e. The fourth-order valence-corrected chi connectivity index (χ4v) is 0.850. The zero-order chi connectivity index (χ0) is 7.98. The number of hydrogen-bond donors (Lipinski definition) is 0. The minimum absolute atomic E-state index is 0.170. The molecule has 0 atom stereocenters. The van der Waals surface area contributed by atoms with Crippen LogP contribution in [0.4, 0.5) is 0 Å². The van der Waals surface area contributed by atoms with E-state index in [-0.39, 0.29) is 11.6 Å². The van der Waals surface area contributed by atoms with E-state index >= 15 is 0 Å². The molecule has 0 N–H and O–H groups in total. The highest BCUT2D eigenvalue weighted by Crippen LogP contribution is 2.09. The van der Waals surface area contributed by atoms with Gasteiger partial charge in [-0.25, -0.2) is 0 Å². The molecule has 0 aromatic heterocycles. The van der Waals surface area contributed by atoms with Crippen molar-refractivity contribution in [3.8, 4) is 0 Å². The number of Topliss-reactive ketones (excluding diaryl/α,β-unsaturated/α-hetero) is 2. The van der Waals surface area contributed by atoms with E-state index in [1.165, 1.54) is 0 Å². The van der Waals surface area contributed by atoms with Crippen molar-refractivity contribution in [3.63, 3.8) is 0 Å². The zero-order valence-electron chi connectivity index (χ0n) is 6.06. The van der Waals surface area contributed by atoms with Gasteiger partial charge in [0.05, 0.1) is 0 Å². The molecule has 1 saturated carbocycles. The van der Waals surface area contributed by atoms with Crippen LogP contribution in [-0.4, -0.2) is 11.6 Å². The first-order valence-electron chi connectivity index (χ1n) is 3.37. The van der Waals surface area contributed by atoms with Crippen LogP contribution in [0.5, 0.6) is 0 Å². The number of carbonyl (C=O) groups excluding carboxylic acids is 2.